The number of carbonyl (C=O) groups is 2. The Kier molecular flexibility index (Phi) is 5.66. The van der Waals surface area contributed by atoms with Crippen LogP contribution in [0.2, 0.25) is 0 Å². The van der Waals surface area contributed by atoms with Gasteiger partial charge in [0, 0.05) is 6.54 Å². The highest BCUT2D eigenvalue weighted by molar-refractivity contribution is 6.21. The summed E-state index contributed by atoms with van der Waals surface area (Å²) >= 11 is 0. The number of carbonyl (C=O) groups excluding carboxylic acids is 2. The first kappa shape index (κ1) is 19.9. The second-order valence-electron chi connectivity index (χ2n) is 7.65. The monoisotopic (exact) mass is 399 g/mol. The zero-order chi connectivity index (χ0) is 21.1. The van der Waals surface area contributed by atoms with Crippen LogP contribution in [0, 0.1) is 13.8 Å². The Labute approximate surface area is 177 Å². The molecule has 1 aliphatic heterocycles. The summed E-state index contributed by atoms with van der Waals surface area (Å²) < 4.78 is 5.90. The van der Waals surface area contributed by atoms with Gasteiger partial charge in [-0.25, -0.2) is 0 Å². The standard InChI is InChI=1S/C26H25NO3/c1-18-9-3-4-10-21(18)22-14-13-20(17-19(22)2)30-16-8-7-15-27-25(28)23-11-5-6-12-24(23)26(27)29/h3-6,9-14,17H,7-8,15-16H2,1-2H3. The summed E-state index contributed by atoms with van der Waals surface area (Å²) in [5.41, 5.74) is 5.88. The number of hydrogen-bond acceptors (Lipinski definition) is 3. The van der Waals surface area contributed by atoms with Crippen molar-refractivity contribution in [3.8, 4) is 16.9 Å². The van der Waals surface area contributed by atoms with E-state index in [4.69, 9.17) is 4.74 Å². The molecule has 0 aromatic heterocycles. The van der Waals surface area contributed by atoms with Gasteiger partial charge in [0.25, 0.3) is 11.8 Å². The van der Waals surface area contributed by atoms with Crippen molar-refractivity contribution < 1.29 is 14.3 Å². The van der Waals surface area contributed by atoms with Crippen LogP contribution in [0.25, 0.3) is 11.1 Å². The highest BCUT2D eigenvalue weighted by Gasteiger charge is 2.34. The largest absolute Gasteiger partial charge is 0.494 e. The maximum atomic E-state index is 12.4. The molecule has 30 heavy (non-hydrogen) atoms. The van der Waals surface area contributed by atoms with Gasteiger partial charge in [-0.05, 0) is 73.2 Å². The van der Waals surface area contributed by atoms with Crippen LogP contribution in [0.4, 0.5) is 0 Å². The lowest BCUT2D eigenvalue weighted by Crippen LogP contribution is -2.30. The lowest BCUT2D eigenvalue weighted by Gasteiger charge is -2.14. The first-order valence-electron chi connectivity index (χ1n) is 10.3. The minimum Gasteiger partial charge on any atom is -0.494 e. The Morgan fingerprint density at radius 3 is 1.93 bits per heavy atom. The Morgan fingerprint density at radius 2 is 1.30 bits per heavy atom. The number of ether oxygens (including phenoxy) is 1. The van der Waals surface area contributed by atoms with E-state index in [1.165, 1.54) is 27.2 Å². The number of imide groups is 1. The van der Waals surface area contributed by atoms with Crippen molar-refractivity contribution in [1.82, 2.24) is 4.90 Å². The third-order valence-corrected chi connectivity index (χ3v) is 5.56. The quantitative estimate of drug-likeness (QED) is 0.393. The zero-order valence-electron chi connectivity index (χ0n) is 17.4. The van der Waals surface area contributed by atoms with Crippen LogP contribution in [0.5, 0.6) is 5.75 Å². The van der Waals surface area contributed by atoms with Crippen LogP contribution in [0.1, 0.15) is 44.7 Å². The van der Waals surface area contributed by atoms with E-state index in [2.05, 4.69) is 44.2 Å². The molecule has 3 aromatic carbocycles. The first-order chi connectivity index (χ1) is 14.6. The number of unbranched alkanes of at least 4 members (excludes halogenated alkanes) is 1. The Hall–Kier alpha value is -3.40. The molecule has 0 fully saturated rings. The Balaban J connectivity index is 1.29. The summed E-state index contributed by atoms with van der Waals surface area (Å²) in [7, 11) is 0. The minimum absolute atomic E-state index is 0.195. The van der Waals surface area contributed by atoms with E-state index in [1.807, 2.05) is 12.1 Å². The van der Waals surface area contributed by atoms with Gasteiger partial charge in [-0.3, -0.25) is 14.5 Å². The molecule has 0 N–H and O–H groups in total. The maximum Gasteiger partial charge on any atom is 0.261 e. The number of amides is 2. The number of fused-ring (bicyclic) bond motifs is 1. The summed E-state index contributed by atoms with van der Waals surface area (Å²) in [5, 5.41) is 0. The summed E-state index contributed by atoms with van der Waals surface area (Å²) in [4.78, 5) is 26.1. The lowest BCUT2D eigenvalue weighted by molar-refractivity contribution is 0.0649. The van der Waals surface area contributed by atoms with Gasteiger partial charge < -0.3 is 4.74 Å². The second kappa shape index (κ2) is 8.54. The fourth-order valence-corrected chi connectivity index (χ4v) is 3.91. The van der Waals surface area contributed by atoms with E-state index >= 15 is 0 Å². The molecule has 152 valence electrons. The number of aryl methyl sites for hydroxylation is 2. The molecular formula is C26H25NO3. The summed E-state index contributed by atoms with van der Waals surface area (Å²) in [6.07, 6.45) is 1.48. The lowest BCUT2D eigenvalue weighted by atomic mass is 9.97. The van der Waals surface area contributed by atoms with E-state index < -0.39 is 0 Å². The summed E-state index contributed by atoms with van der Waals surface area (Å²) in [6, 6.07) is 21.5. The highest BCUT2D eigenvalue weighted by atomic mass is 16.5. The molecule has 0 saturated heterocycles. The third kappa shape index (κ3) is 3.86. The Bertz CT molecular complexity index is 1070. The van der Waals surface area contributed by atoms with Crippen LogP contribution < -0.4 is 4.74 Å². The van der Waals surface area contributed by atoms with Crippen molar-refractivity contribution in [2.24, 2.45) is 0 Å². The average Bonchev–Trinajstić information content (AvgIpc) is 2.99. The summed E-state index contributed by atoms with van der Waals surface area (Å²) in [5.74, 6) is 0.448. The molecule has 0 radical (unpaired) electrons. The van der Waals surface area contributed by atoms with Gasteiger partial charge in [0.1, 0.15) is 5.75 Å². The van der Waals surface area contributed by atoms with Crippen LogP contribution in [0.3, 0.4) is 0 Å². The van der Waals surface area contributed by atoms with Crippen LogP contribution in [0.15, 0.2) is 66.7 Å². The van der Waals surface area contributed by atoms with Crippen LogP contribution in [-0.4, -0.2) is 29.9 Å². The highest BCUT2D eigenvalue weighted by Crippen LogP contribution is 2.29. The van der Waals surface area contributed by atoms with Crippen LogP contribution >= 0.6 is 0 Å². The Morgan fingerprint density at radius 1 is 0.700 bits per heavy atom. The van der Waals surface area contributed by atoms with Crippen molar-refractivity contribution in [3.63, 3.8) is 0 Å². The van der Waals surface area contributed by atoms with Gasteiger partial charge in [0.15, 0.2) is 0 Å². The molecule has 0 spiro atoms. The van der Waals surface area contributed by atoms with Gasteiger partial charge in [0.05, 0.1) is 17.7 Å². The molecule has 4 rings (SSSR count). The van der Waals surface area contributed by atoms with Gasteiger partial charge >= 0.3 is 0 Å². The van der Waals surface area contributed by atoms with Crippen molar-refractivity contribution in [2.75, 3.05) is 13.2 Å². The van der Waals surface area contributed by atoms with E-state index in [0.717, 1.165) is 12.2 Å². The molecule has 2 amide bonds. The molecule has 4 nitrogen and oxygen atoms in total. The van der Waals surface area contributed by atoms with Gasteiger partial charge in [-0.15, -0.1) is 0 Å². The predicted octanol–water partition coefficient (Wildman–Crippen LogP) is 5.43. The van der Waals surface area contributed by atoms with E-state index in [1.54, 1.807) is 24.3 Å². The fraction of sp³-hybridized carbons (Fsp3) is 0.231. The SMILES string of the molecule is Cc1ccccc1-c1ccc(OCCCCN2C(=O)c3ccccc3C2=O)cc1C. The van der Waals surface area contributed by atoms with Gasteiger partial charge in [-0.2, -0.15) is 0 Å². The van der Waals surface area contributed by atoms with Crippen molar-refractivity contribution in [3.05, 3.63) is 89.0 Å². The number of hydrogen-bond donors (Lipinski definition) is 0. The molecule has 0 unspecified atom stereocenters. The van der Waals surface area contributed by atoms with Crippen molar-refractivity contribution in [2.45, 2.75) is 26.7 Å². The minimum atomic E-state index is -0.195. The molecule has 3 aromatic rings. The van der Waals surface area contributed by atoms with E-state index in [9.17, 15) is 9.59 Å². The molecule has 1 aliphatic rings. The maximum absolute atomic E-state index is 12.4. The van der Waals surface area contributed by atoms with Crippen molar-refractivity contribution >= 4 is 11.8 Å². The smallest absolute Gasteiger partial charge is 0.261 e. The molecule has 1 heterocycles. The van der Waals surface area contributed by atoms with Crippen LogP contribution in [-0.2, 0) is 0 Å². The molecule has 0 aliphatic carbocycles. The molecule has 4 heteroatoms. The normalized spacial score (nSPS) is 12.9. The number of rotatable bonds is 7. The fourth-order valence-electron chi connectivity index (χ4n) is 3.91. The van der Waals surface area contributed by atoms with Gasteiger partial charge in [-0.1, -0.05) is 42.5 Å². The number of benzene rings is 3. The number of nitrogens with zero attached hydrogens (tertiary/aromatic N) is 1. The average molecular weight is 399 g/mol. The van der Waals surface area contributed by atoms with Crippen molar-refractivity contribution in [1.29, 1.82) is 0 Å². The molecule has 0 bridgehead atoms. The molecular weight excluding hydrogens is 374 g/mol. The predicted molar refractivity (Wildman–Crippen MR) is 118 cm³/mol. The van der Waals surface area contributed by atoms with Gasteiger partial charge in [0.2, 0.25) is 0 Å². The van der Waals surface area contributed by atoms with E-state index in [-0.39, 0.29) is 11.8 Å². The second-order valence-corrected chi connectivity index (χ2v) is 7.65. The molecule has 0 saturated carbocycles. The zero-order valence-corrected chi connectivity index (χ0v) is 17.4. The summed E-state index contributed by atoms with van der Waals surface area (Å²) in [6.45, 7) is 5.18. The molecule has 0 atom stereocenters. The first-order valence-corrected chi connectivity index (χ1v) is 10.3. The third-order valence-electron chi connectivity index (χ3n) is 5.56. The topological polar surface area (TPSA) is 46.6 Å². The van der Waals surface area contributed by atoms with E-state index in [0.29, 0.717) is 30.7 Å².